The SMILES string of the molecule is O=C(/C=C/c1cccc(Cl)c1)OCc1nc2sc3c(c2c(=O)[nH]1)CCCC3. The van der Waals surface area contributed by atoms with Gasteiger partial charge in [0.1, 0.15) is 17.3 Å². The summed E-state index contributed by atoms with van der Waals surface area (Å²) in [6, 6.07) is 7.15. The lowest BCUT2D eigenvalue weighted by Crippen LogP contribution is -2.14. The fourth-order valence-electron chi connectivity index (χ4n) is 3.24. The zero-order valence-corrected chi connectivity index (χ0v) is 16.0. The van der Waals surface area contributed by atoms with Gasteiger partial charge in [-0.1, -0.05) is 23.7 Å². The highest BCUT2D eigenvalue weighted by Gasteiger charge is 2.19. The Morgan fingerprint density at radius 3 is 3.04 bits per heavy atom. The first-order valence-corrected chi connectivity index (χ1v) is 9.93. The molecule has 0 spiro atoms. The van der Waals surface area contributed by atoms with E-state index < -0.39 is 5.97 Å². The quantitative estimate of drug-likeness (QED) is 0.524. The summed E-state index contributed by atoms with van der Waals surface area (Å²) in [6.45, 7) is -0.0769. The summed E-state index contributed by atoms with van der Waals surface area (Å²) in [5.74, 6) is -0.154. The number of nitrogens with one attached hydrogen (secondary N) is 1. The maximum atomic E-state index is 12.5. The average Bonchev–Trinajstić information content (AvgIpc) is 3.03. The first-order valence-electron chi connectivity index (χ1n) is 8.74. The molecule has 0 amide bonds. The van der Waals surface area contributed by atoms with Crippen molar-refractivity contribution in [3.05, 3.63) is 67.5 Å². The van der Waals surface area contributed by atoms with Crippen molar-refractivity contribution < 1.29 is 9.53 Å². The van der Waals surface area contributed by atoms with Gasteiger partial charge in [0.05, 0.1) is 5.39 Å². The van der Waals surface area contributed by atoms with Crippen LogP contribution in [0.15, 0.2) is 35.1 Å². The van der Waals surface area contributed by atoms with Crippen LogP contribution in [0.5, 0.6) is 0 Å². The molecule has 1 aromatic carbocycles. The number of carbonyl (C=O) groups is 1. The first kappa shape index (κ1) is 17.9. The topological polar surface area (TPSA) is 72.0 Å². The van der Waals surface area contributed by atoms with Crippen LogP contribution >= 0.6 is 22.9 Å². The normalized spacial score (nSPS) is 13.8. The van der Waals surface area contributed by atoms with E-state index in [1.165, 1.54) is 11.0 Å². The lowest BCUT2D eigenvalue weighted by molar-refractivity contribution is -0.139. The summed E-state index contributed by atoms with van der Waals surface area (Å²) in [7, 11) is 0. The Labute approximate surface area is 164 Å². The summed E-state index contributed by atoms with van der Waals surface area (Å²) in [6.07, 6.45) is 7.15. The van der Waals surface area contributed by atoms with E-state index in [9.17, 15) is 9.59 Å². The van der Waals surface area contributed by atoms with Crippen LogP contribution in [-0.2, 0) is 29.0 Å². The number of aryl methyl sites for hydroxylation is 2. The molecule has 27 heavy (non-hydrogen) atoms. The van der Waals surface area contributed by atoms with Crippen molar-refractivity contribution in [3.63, 3.8) is 0 Å². The fourth-order valence-corrected chi connectivity index (χ4v) is 4.72. The molecule has 3 aromatic rings. The zero-order valence-electron chi connectivity index (χ0n) is 14.5. The molecular formula is C20H17ClN2O3S. The van der Waals surface area contributed by atoms with Crippen molar-refractivity contribution in [3.8, 4) is 0 Å². The van der Waals surface area contributed by atoms with Gasteiger partial charge in [-0.05, 0) is 55.0 Å². The number of halogens is 1. The number of carbonyl (C=O) groups excluding carboxylic acids is 1. The van der Waals surface area contributed by atoms with Gasteiger partial charge in [-0.15, -0.1) is 11.3 Å². The molecule has 0 saturated carbocycles. The van der Waals surface area contributed by atoms with Crippen molar-refractivity contribution in [1.82, 2.24) is 9.97 Å². The molecule has 0 fully saturated rings. The van der Waals surface area contributed by atoms with Gasteiger partial charge in [-0.25, -0.2) is 9.78 Å². The molecule has 138 valence electrons. The summed E-state index contributed by atoms with van der Waals surface area (Å²) in [5, 5.41) is 1.30. The number of esters is 1. The van der Waals surface area contributed by atoms with Gasteiger partial charge < -0.3 is 9.72 Å². The average molecular weight is 401 g/mol. The Morgan fingerprint density at radius 1 is 1.33 bits per heavy atom. The van der Waals surface area contributed by atoms with Crippen molar-refractivity contribution in [1.29, 1.82) is 0 Å². The predicted molar refractivity (Wildman–Crippen MR) is 107 cm³/mol. The number of aromatic amines is 1. The number of benzene rings is 1. The molecule has 0 unspecified atom stereocenters. The predicted octanol–water partition coefficient (Wildman–Crippen LogP) is 4.27. The molecule has 5 nitrogen and oxygen atoms in total. The maximum absolute atomic E-state index is 12.5. The fraction of sp³-hybridized carbons (Fsp3) is 0.250. The van der Waals surface area contributed by atoms with E-state index in [1.54, 1.807) is 35.6 Å². The Morgan fingerprint density at radius 2 is 2.19 bits per heavy atom. The molecule has 2 aromatic heterocycles. The van der Waals surface area contributed by atoms with Crippen LogP contribution in [0.3, 0.4) is 0 Å². The third kappa shape index (κ3) is 3.96. The number of hydrogen-bond donors (Lipinski definition) is 1. The van der Waals surface area contributed by atoms with Gasteiger partial charge in [-0.3, -0.25) is 4.79 Å². The number of nitrogens with zero attached hydrogens (tertiary/aromatic N) is 1. The summed E-state index contributed by atoms with van der Waals surface area (Å²) >= 11 is 7.48. The number of aromatic nitrogens is 2. The molecule has 0 saturated heterocycles. The Balaban J connectivity index is 1.47. The lowest BCUT2D eigenvalue weighted by Gasteiger charge is -2.09. The number of hydrogen-bond acceptors (Lipinski definition) is 5. The minimum atomic E-state index is -0.511. The van der Waals surface area contributed by atoms with Crippen LogP contribution in [0.2, 0.25) is 5.02 Å². The van der Waals surface area contributed by atoms with Crippen molar-refractivity contribution in [2.45, 2.75) is 32.3 Å². The third-order valence-corrected chi connectivity index (χ3v) is 5.91. The van der Waals surface area contributed by atoms with Gasteiger partial charge in [0.25, 0.3) is 5.56 Å². The van der Waals surface area contributed by atoms with E-state index in [1.807, 2.05) is 6.07 Å². The van der Waals surface area contributed by atoms with Crippen LogP contribution in [0.25, 0.3) is 16.3 Å². The van der Waals surface area contributed by atoms with Gasteiger partial charge in [-0.2, -0.15) is 0 Å². The second-order valence-corrected chi connectivity index (χ2v) is 7.92. The molecule has 4 rings (SSSR count). The maximum Gasteiger partial charge on any atom is 0.331 e. The van der Waals surface area contributed by atoms with Gasteiger partial charge in [0, 0.05) is 16.0 Å². The van der Waals surface area contributed by atoms with Gasteiger partial charge in [0.2, 0.25) is 0 Å². The molecule has 1 N–H and O–H groups in total. The van der Waals surface area contributed by atoms with Gasteiger partial charge in [0.15, 0.2) is 0 Å². The van der Waals surface area contributed by atoms with E-state index in [2.05, 4.69) is 9.97 Å². The number of rotatable bonds is 4. The Bertz CT molecular complexity index is 1100. The lowest BCUT2D eigenvalue weighted by atomic mass is 9.97. The zero-order chi connectivity index (χ0) is 18.8. The van der Waals surface area contributed by atoms with Crippen LogP contribution in [0.4, 0.5) is 0 Å². The monoisotopic (exact) mass is 400 g/mol. The highest BCUT2D eigenvalue weighted by Crippen LogP contribution is 2.33. The molecule has 0 bridgehead atoms. The summed E-state index contributed by atoms with van der Waals surface area (Å²) in [5.41, 5.74) is 1.79. The van der Waals surface area contributed by atoms with Crippen molar-refractivity contribution in [2.75, 3.05) is 0 Å². The second-order valence-electron chi connectivity index (χ2n) is 6.40. The molecule has 0 aliphatic heterocycles. The minimum Gasteiger partial charge on any atom is -0.454 e. The van der Waals surface area contributed by atoms with E-state index in [4.69, 9.17) is 16.3 Å². The van der Waals surface area contributed by atoms with E-state index in [0.717, 1.165) is 41.6 Å². The number of ether oxygens (including phenoxy) is 1. The highest BCUT2D eigenvalue weighted by molar-refractivity contribution is 7.18. The Hall–Kier alpha value is -2.44. The first-order chi connectivity index (χ1) is 13.1. The second kappa shape index (κ2) is 7.66. The molecule has 1 aliphatic rings. The minimum absolute atomic E-state index is 0.0769. The largest absolute Gasteiger partial charge is 0.454 e. The number of fused-ring (bicyclic) bond motifs is 3. The summed E-state index contributed by atoms with van der Waals surface area (Å²) in [4.78, 5) is 33.6. The smallest absolute Gasteiger partial charge is 0.331 e. The third-order valence-electron chi connectivity index (χ3n) is 4.49. The Kier molecular flexibility index (Phi) is 5.09. The van der Waals surface area contributed by atoms with Crippen LogP contribution < -0.4 is 5.56 Å². The van der Waals surface area contributed by atoms with E-state index in [-0.39, 0.29) is 12.2 Å². The highest BCUT2D eigenvalue weighted by atomic mass is 35.5. The van der Waals surface area contributed by atoms with E-state index >= 15 is 0 Å². The molecule has 0 radical (unpaired) electrons. The van der Waals surface area contributed by atoms with E-state index in [0.29, 0.717) is 16.2 Å². The van der Waals surface area contributed by atoms with Crippen molar-refractivity contribution in [2.24, 2.45) is 0 Å². The van der Waals surface area contributed by atoms with Crippen LogP contribution in [-0.4, -0.2) is 15.9 Å². The van der Waals surface area contributed by atoms with Crippen LogP contribution in [0.1, 0.15) is 34.7 Å². The molecule has 1 aliphatic carbocycles. The standard InChI is InChI=1S/C20H17ClN2O3S/c21-13-5-3-4-12(10-13)8-9-17(24)26-11-16-22-19(25)18-14-6-1-2-7-15(14)27-20(18)23-16/h3-5,8-10H,1-2,6-7,11H2,(H,22,23,25)/b9-8+. The summed E-state index contributed by atoms with van der Waals surface area (Å²) < 4.78 is 5.20. The van der Waals surface area contributed by atoms with Crippen molar-refractivity contribution >= 4 is 45.2 Å². The molecule has 7 heteroatoms. The number of thiophene rings is 1. The van der Waals surface area contributed by atoms with Crippen LogP contribution in [0, 0.1) is 0 Å². The molecule has 0 atom stereocenters. The molecule has 2 heterocycles. The van der Waals surface area contributed by atoms with Gasteiger partial charge >= 0.3 is 5.97 Å². The number of H-pyrrole nitrogens is 1. The molecular weight excluding hydrogens is 384 g/mol.